The first kappa shape index (κ1) is 34.0. The first-order valence-corrected chi connectivity index (χ1v) is 11.8. The molecule has 0 unspecified atom stereocenters. The number of pyridine rings is 2. The standard InChI is InChI=1S/2C9H12O.2C6H6NO.Ti/c2*1-7(2)8-5-3-4-6-9(8)10;2*8-5-6-3-1-2-4-7-6;/h2*3-7,10H,1-2H3;2*1-4H,5H2;/q;;2*-1;+4/p-2. The normalized spacial score (nSPS) is 9.51. The Morgan fingerprint density at radius 3 is 1.05 bits per heavy atom. The van der Waals surface area contributed by atoms with Crippen molar-refractivity contribution in [3.63, 3.8) is 0 Å². The summed E-state index contributed by atoms with van der Waals surface area (Å²) in [7, 11) is 0. The Balaban J connectivity index is 0.000000465. The second-order valence-electron chi connectivity index (χ2n) is 8.32. The van der Waals surface area contributed by atoms with E-state index in [1.54, 1.807) is 73.1 Å². The molecule has 37 heavy (non-hydrogen) atoms. The molecule has 0 saturated carbocycles. The van der Waals surface area contributed by atoms with Gasteiger partial charge in [0.1, 0.15) is 0 Å². The van der Waals surface area contributed by atoms with E-state index in [-0.39, 0.29) is 46.4 Å². The molecule has 0 atom stereocenters. The Morgan fingerprint density at radius 2 is 0.865 bits per heavy atom. The van der Waals surface area contributed by atoms with Crippen LogP contribution in [0.1, 0.15) is 62.0 Å². The fourth-order valence-corrected chi connectivity index (χ4v) is 2.88. The summed E-state index contributed by atoms with van der Waals surface area (Å²) >= 11 is 0. The summed E-state index contributed by atoms with van der Waals surface area (Å²) in [5.74, 6) is 0.984. The molecule has 0 fully saturated rings. The number of hydrogen-bond acceptors (Lipinski definition) is 6. The summed E-state index contributed by atoms with van der Waals surface area (Å²) in [5, 5.41) is 42.3. The average Bonchev–Trinajstić information content (AvgIpc) is 2.91. The van der Waals surface area contributed by atoms with Crippen molar-refractivity contribution in [3.8, 4) is 11.5 Å². The van der Waals surface area contributed by atoms with Crippen LogP contribution >= 0.6 is 0 Å². The minimum absolute atomic E-state index is 0. The number of benzene rings is 2. The predicted octanol–water partition coefficient (Wildman–Crippen LogP) is 3.65. The third-order valence-electron chi connectivity index (χ3n) is 4.83. The van der Waals surface area contributed by atoms with Gasteiger partial charge in [-0.05, 0) is 36.1 Å². The maximum absolute atomic E-state index is 11.1. The van der Waals surface area contributed by atoms with Crippen molar-refractivity contribution in [2.45, 2.75) is 52.7 Å². The molecular weight excluding hydrogens is 500 g/mol. The molecule has 0 saturated heterocycles. The maximum Gasteiger partial charge on any atom is 4.00 e. The van der Waals surface area contributed by atoms with E-state index in [0.29, 0.717) is 23.2 Å². The van der Waals surface area contributed by atoms with Gasteiger partial charge < -0.3 is 20.4 Å². The third-order valence-corrected chi connectivity index (χ3v) is 4.83. The monoisotopic (exact) mass is 534 g/mol. The molecule has 7 heteroatoms. The number of hydrogen-bond donors (Lipinski definition) is 0. The number of para-hydroxylation sites is 2. The molecule has 0 aliphatic heterocycles. The van der Waals surface area contributed by atoms with Crippen molar-refractivity contribution in [2.75, 3.05) is 0 Å². The van der Waals surface area contributed by atoms with E-state index in [2.05, 4.69) is 9.97 Å². The van der Waals surface area contributed by atoms with Crippen LogP contribution in [-0.4, -0.2) is 9.97 Å². The zero-order chi connectivity index (χ0) is 26.8. The van der Waals surface area contributed by atoms with Crippen LogP contribution in [0.15, 0.2) is 97.3 Å². The van der Waals surface area contributed by atoms with Gasteiger partial charge in [-0.3, -0.25) is 9.97 Å². The van der Waals surface area contributed by atoms with Gasteiger partial charge in [0.05, 0.1) is 0 Å². The van der Waals surface area contributed by atoms with Gasteiger partial charge in [-0.2, -0.15) is 0 Å². The quantitative estimate of drug-likeness (QED) is 0.369. The van der Waals surface area contributed by atoms with Crippen LogP contribution in [0, 0.1) is 0 Å². The summed E-state index contributed by atoms with van der Waals surface area (Å²) < 4.78 is 0. The molecule has 0 amide bonds. The molecule has 0 bridgehead atoms. The fraction of sp³-hybridized carbons (Fsp3) is 0.267. The van der Waals surface area contributed by atoms with Crippen LogP contribution in [0.25, 0.3) is 0 Å². The van der Waals surface area contributed by atoms with Crippen LogP contribution < -0.4 is 20.4 Å². The minimum atomic E-state index is -0.221. The largest absolute Gasteiger partial charge is 4.00 e. The second-order valence-corrected chi connectivity index (χ2v) is 8.32. The molecule has 6 nitrogen and oxygen atoms in total. The van der Waals surface area contributed by atoms with Crippen LogP contribution in [0.2, 0.25) is 0 Å². The van der Waals surface area contributed by atoms with Gasteiger partial charge in [0, 0.05) is 23.8 Å². The van der Waals surface area contributed by atoms with Crippen molar-refractivity contribution in [3.05, 3.63) is 120 Å². The summed E-state index contributed by atoms with van der Waals surface area (Å²) in [6.07, 6.45) is 3.24. The molecule has 4 aromatic rings. The van der Waals surface area contributed by atoms with E-state index < -0.39 is 0 Å². The minimum Gasteiger partial charge on any atom is -0.872 e. The molecule has 0 N–H and O–H groups in total. The van der Waals surface area contributed by atoms with Gasteiger partial charge in [-0.15, -0.1) is 11.5 Å². The van der Waals surface area contributed by atoms with E-state index in [1.165, 1.54) is 0 Å². The Bertz CT molecular complexity index is 1010. The van der Waals surface area contributed by atoms with Gasteiger partial charge in [0.25, 0.3) is 0 Å². The molecule has 192 valence electrons. The van der Waals surface area contributed by atoms with E-state index in [9.17, 15) is 20.4 Å². The molecule has 0 aliphatic carbocycles. The summed E-state index contributed by atoms with van der Waals surface area (Å²) in [6.45, 7) is 7.66. The third kappa shape index (κ3) is 14.3. The van der Waals surface area contributed by atoms with Crippen LogP contribution in [-0.2, 0) is 34.9 Å². The molecule has 4 rings (SSSR count). The van der Waals surface area contributed by atoms with Crippen molar-refractivity contribution in [1.82, 2.24) is 9.97 Å². The molecule has 0 aliphatic rings. The summed E-state index contributed by atoms with van der Waals surface area (Å²) in [5.41, 5.74) is 3.02. The number of aromatic nitrogens is 2. The van der Waals surface area contributed by atoms with Crippen molar-refractivity contribution in [1.29, 1.82) is 0 Å². The van der Waals surface area contributed by atoms with E-state index in [1.807, 2.05) is 52.0 Å². The second kappa shape index (κ2) is 20.1. The first-order chi connectivity index (χ1) is 17.3. The summed E-state index contributed by atoms with van der Waals surface area (Å²) in [6, 6.07) is 24.9. The Hall–Kier alpha value is -3.03. The van der Waals surface area contributed by atoms with Crippen molar-refractivity contribution < 1.29 is 42.1 Å². The van der Waals surface area contributed by atoms with Crippen LogP contribution in [0.3, 0.4) is 0 Å². The van der Waals surface area contributed by atoms with Gasteiger partial charge in [0.15, 0.2) is 0 Å². The number of rotatable bonds is 4. The Morgan fingerprint density at radius 1 is 0.541 bits per heavy atom. The average molecular weight is 534 g/mol. The van der Waals surface area contributed by atoms with E-state index in [4.69, 9.17) is 0 Å². The topological polar surface area (TPSA) is 118 Å². The molecule has 0 radical (unpaired) electrons. The van der Waals surface area contributed by atoms with Gasteiger partial charge >= 0.3 is 21.7 Å². The molecule has 0 spiro atoms. The smallest absolute Gasteiger partial charge is 0.872 e. The molecule has 2 heterocycles. The molecule has 2 aromatic carbocycles. The van der Waals surface area contributed by atoms with Gasteiger partial charge in [0.2, 0.25) is 0 Å². The molecular formula is C30H34N2O4Ti. The van der Waals surface area contributed by atoms with Crippen LogP contribution in [0.5, 0.6) is 11.5 Å². The fourth-order valence-electron chi connectivity index (χ4n) is 2.88. The predicted molar refractivity (Wildman–Crippen MR) is 136 cm³/mol. The van der Waals surface area contributed by atoms with Crippen LogP contribution in [0.4, 0.5) is 0 Å². The van der Waals surface area contributed by atoms with Crippen molar-refractivity contribution >= 4 is 0 Å². The Kier molecular flexibility index (Phi) is 18.4. The van der Waals surface area contributed by atoms with Crippen molar-refractivity contribution in [2.24, 2.45) is 0 Å². The van der Waals surface area contributed by atoms with Gasteiger partial charge in [-0.1, -0.05) is 113 Å². The SMILES string of the molecule is CC(C)c1ccccc1[O-].CC(C)c1ccccc1[O-].[O-]Cc1ccccn1.[O-]Cc1ccccn1.[Ti+4]. The number of nitrogens with zero attached hydrogens (tertiary/aromatic N) is 2. The summed E-state index contributed by atoms with van der Waals surface area (Å²) in [4.78, 5) is 7.57. The first-order valence-electron chi connectivity index (χ1n) is 11.8. The van der Waals surface area contributed by atoms with E-state index >= 15 is 0 Å². The zero-order valence-electron chi connectivity index (χ0n) is 21.8. The van der Waals surface area contributed by atoms with E-state index in [0.717, 1.165) is 11.1 Å². The van der Waals surface area contributed by atoms with Gasteiger partial charge in [-0.25, -0.2) is 0 Å². The maximum atomic E-state index is 11.1. The Labute approximate surface area is 235 Å². The zero-order valence-corrected chi connectivity index (χ0v) is 23.4. The molecule has 2 aromatic heterocycles.